The molecule has 0 aliphatic heterocycles. The van der Waals surface area contributed by atoms with E-state index in [0.717, 1.165) is 18.8 Å². The highest BCUT2D eigenvalue weighted by atomic mass is 16.5. The molecule has 0 aromatic carbocycles. The second kappa shape index (κ2) is 9.32. The van der Waals surface area contributed by atoms with Crippen molar-refractivity contribution in [2.24, 2.45) is 5.92 Å². The molecule has 3 rings (SSSR count). The molecule has 0 amide bonds. The highest BCUT2D eigenvalue weighted by Crippen LogP contribution is 2.31. The van der Waals surface area contributed by atoms with Crippen molar-refractivity contribution < 1.29 is 14.4 Å². The lowest BCUT2D eigenvalue weighted by molar-refractivity contribution is -0.137. The Kier molecular flexibility index (Phi) is 6.84. The van der Waals surface area contributed by atoms with Gasteiger partial charge >= 0.3 is 5.97 Å². The molecule has 0 saturated heterocycles. The van der Waals surface area contributed by atoms with Crippen LogP contribution < -0.4 is 5.32 Å². The molecule has 25 heavy (non-hydrogen) atoms. The summed E-state index contributed by atoms with van der Waals surface area (Å²) in [5, 5.41) is 16.7. The minimum absolute atomic E-state index is 0.0718. The molecule has 1 heterocycles. The number of aromatic nitrogens is 2. The van der Waals surface area contributed by atoms with E-state index >= 15 is 0 Å². The first-order chi connectivity index (χ1) is 12.2. The summed E-state index contributed by atoms with van der Waals surface area (Å²) in [5.74, 6) is 1.01. The van der Waals surface area contributed by atoms with Crippen molar-refractivity contribution in [1.29, 1.82) is 0 Å². The molecule has 2 aliphatic rings. The van der Waals surface area contributed by atoms with E-state index in [1.165, 1.54) is 57.8 Å². The Morgan fingerprint density at radius 2 is 2.00 bits per heavy atom. The Morgan fingerprint density at radius 1 is 1.20 bits per heavy atom. The molecular weight excluding hydrogens is 318 g/mol. The van der Waals surface area contributed by atoms with Crippen LogP contribution in [0.2, 0.25) is 0 Å². The first-order valence-corrected chi connectivity index (χ1v) is 9.98. The summed E-state index contributed by atoms with van der Waals surface area (Å²) in [4.78, 5) is 15.7. The Bertz CT molecular complexity index is 536. The Balaban J connectivity index is 1.48. The zero-order valence-electron chi connectivity index (χ0n) is 15.1. The number of rotatable bonds is 10. The summed E-state index contributed by atoms with van der Waals surface area (Å²) in [5.41, 5.74) is 0. The molecule has 0 unspecified atom stereocenters. The van der Waals surface area contributed by atoms with E-state index < -0.39 is 5.97 Å². The molecule has 6 heteroatoms. The number of nitrogens with one attached hydrogen (secondary N) is 1. The van der Waals surface area contributed by atoms with Gasteiger partial charge in [0, 0.05) is 12.0 Å². The molecule has 2 N–H and O–H groups in total. The predicted octanol–water partition coefficient (Wildman–Crippen LogP) is 4.02. The minimum atomic E-state index is -0.796. The summed E-state index contributed by atoms with van der Waals surface area (Å²) >= 11 is 0. The fraction of sp³-hybridized carbons (Fsp3) is 0.842. The number of hydrogen-bond donors (Lipinski definition) is 2. The molecule has 140 valence electrons. The van der Waals surface area contributed by atoms with Crippen LogP contribution in [-0.2, 0) is 11.3 Å². The summed E-state index contributed by atoms with van der Waals surface area (Å²) in [6.07, 6.45) is 13.6. The Hall–Kier alpha value is -1.43. The minimum Gasteiger partial charge on any atom is -0.481 e. The quantitative estimate of drug-likeness (QED) is 0.663. The van der Waals surface area contributed by atoms with Crippen molar-refractivity contribution in [3.63, 3.8) is 0 Å². The lowest BCUT2D eigenvalue weighted by Crippen LogP contribution is -2.34. The van der Waals surface area contributed by atoms with Gasteiger partial charge in [0.1, 0.15) is 0 Å². The number of carboxylic acid groups (broad SMARTS) is 1. The van der Waals surface area contributed by atoms with Crippen LogP contribution in [0.5, 0.6) is 0 Å². The van der Waals surface area contributed by atoms with Gasteiger partial charge in [-0.15, -0.1) is 0 Å². The van der Waals surface area contributed by atoms with Crippen LogP contribution in [0, 0.1) is 5.92 Å². The highest BCUT2D eigenvalue weighted by Gasteiger charge is 2.24. The monoisotopic (exact) mass is 349 g/mol. The van der Waals surface area contributed by atoms with Crippen LogP contribution >= 0.6 is 0 Å². The van der Waals surface area contributed by atoms with Crippen LogP contribution in [0.4, 0.5) is 0 Å². The lowest BCUT2D eigenvalue weighted by atomic mass is 9.84. The molecule has 1 aromatic rings. The number of carbonyl (C=O) groups is 1. The number of nitrogens with zero attached hydrogens (tertiary/aromatic N) is 2. The molecular formula is C19H31N3O3. The van der Waals surface area contributed by atoms with E-state index in [1.54, 1.807) is 0 Å². The maximum atomic E-state index is 11.2. The van der Waals surface area contributed by atoms with Crippen molar-refractivity contribution >= 4 is 5.97 Å². The van der Waals surface area contributed by atoms with Gasteiger partial charge in [0.05, 0.1) is 13.0 Å². The van der Waals surface area contributed by atoms with E-state index in [9.17, 15) is 9.90 Å². The van der Waals surface area contributed by atoms with Crippen LogP contribution in [0.25, 0.3) is 0 Å². The Morgan fingerprint density at radius 3 is 2.68 bits per heavy atom. The fourth-order valence-corrected chi connectivity index (χ4v) is 4.01. The Labute approximate surface area is 149 Å². The van der Waals surface area contributed by atoms with E-state index in [1.807, 2.05) is 0 Å². The smallest absolute Gasteiger partial charge is 0.304 e. The van der Waals surface area contributed by atoms with Crippen molar-refractivity contribution in [3.8, 4) is 0 Å². The molecule has 0 radical (unpaired) electrons. The van der Waals surface area contributed by atoms with E-state index in [2.05, 4.69) is 15.5 Å². The molecule has 6 nitrogen and oxygen atoms in total. The molecule has 1 aromatic heterocycles. The van der Waals surface area contributed by atoms with Gasteiger partial charge < -0.3 is 14.9 Å². The van der Waals surface area contributed by atoms with E-state index in [4.69, 9.17) is 4.52 Å². The zero-order valence-corrected chi connectivity index (χ0v) is 15.1. The van der Waals surface area contributed by atoms with Crippen LogP contribution in [-0.4, -0.2) is 27.3 Å². The number of hydrogen-bond acceptors (Lipinski definition) is 5. The third kappa shape index (κ3) is 5.80. The van der Waals surface area contributed by atoms with Crippen LogP contribution in [0.1, 0.15) is 94.7 Å². The number of carboxylic acids is 1. The van der Waals surface area contributed by atoms with Crippen molar-refractivity contribution in [2.75, 3.05) is 0 Å². The van der Waals surface area contributed by atoms with Gasteiger partial charge in [0.25, 0.3) is 0 Å². The van der Waals surface area contributed by atoms with Gasteiger partial charge in [-0.3, -0.25) is 4.79 Å². The molecule has 1 atom stereocenters. The highest BCUT2D eigenvalue weighted by molar-refractivity contribution is 5.67. The summed E-state index contributed by atoms with van der Waals surface area (Å²) in [6, 6.07) is 0.576. The summed E-state index contributed by atoms with van der Waals surface area (Å²) in [7, 11) is 0. The lowest BCUT2D eigenvalue weighted by Gasteiger charge is -2.25. The molecule has 0 bridgehead atoms. The van der Waals surface area contributed by atoms with Gasteiger partial charge in [-0.1, -0.05) is 56.5 Å². The molecule has 2 fully saturated rings. The van der Waals surface area contributed by atoms with Gasteiger partial charge in [-0.25, -0.2) is 0 Å². The maximum absolute atomic E-state index is 11.2. The molecule has 2 aliphatic carbocycles. The number of aliphatic carboxylic acids is 1. The van der Waals surface area contributed by atoms with Gasteiger partial charge in [0.15, 0.2) is 5.82 Å². The topological polar surface area (TPSA) is 88.2 Å². The van der Waals surface area contributed by atoms with Crippen LogP contribution in [0.3, 0.4) is 0 Å². The summed E-state index contributed by atoms with van der Waals surface area (Å²) < 4.78 is 5.39. The predicted molar refractivity (Wildman–Crippen MR) is 94.2 cm³/mol. The van der Waals surface area contributed by atoms with E-state index in [-0.39, 0.29) is 12.3 Å². The third-order valence-electron chi connectivity index (χ3n) is 5.80. The largest absolute Gasteiger partial charge is 0.481 e. The first-order valence-electron chi connectivity index (χ1n) is 9.98. The van der Waals surface area contributed by atoms with Gasteiger partial charge in [-0.2, -0.15) is 4.98 Å². The first kappa shape index (κ1) is 18.4. The van der Waals surface area contributed by atoms with Gasteiger partial charge in [0.2, 0.25) is 5.89 Å². The SMILES string of the molecule is O=C(O)C[C@@H](CCCC1CCCCC1)c1nc(CNC2CCC2)no1. The zero-order chi connectivity index (χ0) is 17.5. The van der Waals surface area contributed by atoms with Crippen molar-refractivity contribution in [3.05, 3.63) is 11.7 Å². The molecule has 2 saturated carbocycles. The average molecular weight is 349 g/mol. The normalized spacial score (nSPS) is 20.3. The molecule has 0 spiro atoms. The average Bonchev–Trinajstić information content (AvgIpc) is 3.02. The second-order valence-electron chi connectivity index (χ2n) is 7.79. The second-order valence-corrected chi connectivity index (χ2v) is 7.79. The standard InChI is InChI=1S/C19H31N3O3/c23-18(24)12-15(9-4-8-14-6-2-1-3-7-14)19-21-17(22-25-19)13-20-16-10-5-11-16/h14-16,20H,1-13H2,(H,23,24)/t15-/m1/s1. The summed E-state index contributed by atoms with van der Waals surface area (Å²) in [6.45, 7) is 0.607. The van der Waals surface area contributed by atoms with Crippen molar-refractivity contribution in [2.45, 2.75) is 95.6 Å². The fourth-order valence-electron chi connectivity index (χ4n) is 4.01. The van der Waals surface area contributed by atoms with Crippen LogP contribution in [0.15, 0.2) is 4.52 Å². The third-order valence-corrected chi connectivity index (χ3v) is 5.80. The van der Waals surface area contributed by atoms with Gasteiger partial charge in [-0.05, 0) is 25.2 Å². The van der Waals surface area contributed by atoms with Crippen molar-refractivity contribution in [1.82, 2.24) is 15.5 Å². The maximum Gasteiger partial charge on any atom is 0.304 e. The van der Waals surface area contributed by atoms with E-state index in [0.29, 0.717) is 24.3 Å².